The number of amides is 1. The molecule has 0 saturated carbocycles. The van der Waals surface area contributed by atoms with Gasteiger partial charge in [-0.1, -0.05) is 0 Å². The lowest BCUT2D eigenvalue weighted by Crippen LogP contribution is -2.27. The van der Waals surface area contributed by atoms with Gasteiger partial charge in [-0.05, 0) is 59.3 Å². The predicted molar refractivity (Wildman–Crippen MR) is 74.5 cm³/mol. The van der Waals surface area contributed by atoms with Crippen molar-refractivity contribution in [3.05, 3.63) is 20.2 Å². The Labute approximate surface area is 121 Å². The Morgan fingerprint density at radius 2 is 2.18 bits per heavy atom. The first-order chi connectivity index (χ1) is 7.69. The maximum Gasteiger partial charge on any atom is 0.412 e. The molecule has 7 heteroatoms. The molecule has 1 aromatic rings. The summed E-state index contributed by atoms with van der Waals surface area (Å²) in [6.07, 6.45) is -0.640. The van der Waals surface area contributed by atoms with Gasteiger partial charge in [0.1, 0.15) is 13.9 Å². The van der Waals surface area contributed by atoms with Gasteiger partial charge in [-0.25, -0.2) is 14.2 Å². The largest absolute Gasteiger partial charge is 0.444 e. The monoisotopic (exact) mass is 416 g/mol. The van der Waals surface area contributed by atoms with Crippen molar-refractivity contribution in [1.29, 1.82) is 0 Å². The van der Waals surface area contributed by atoms with Gasteiger partial charge < -0.3 is 4.74 Å². The highest BCUT2D eigenvalue weighted by molar-refractivity contribution is 14.1. The molecule has 0 aliphatic rings. The third kappa shape index (κ3) is 4.74. The minimum Gasteiger partial charge on any atom is -0.444 e. The van der Waals surface area contributed by atoms with Gasteiger partial charge >= 0.3 is 6.09 Å². The van der Waals surface area contributed by atoms with Crippen LogP contribution in [-0.2, 0) is 4.74 Å². The Balaban J connectivity index is 2.82. The molecule has 1 N–H and O–H groups in total. The number of rotatable bonds is 1. The molecule has 0 saturated heterocycles. The predicted octanol–water partition coefficient (Wildman–Crippen LogP) is 3.93. The summed E-state index contributed by atoms with van der Waals surface area (Å²) in [7, 11) is 0. The molecule has 0 aliphatic heterocycles. The van der Waals surface area contributed by atoms with E-state index in [0.717, 1.165) is 0 Å². The maximum absolute atomic E-state index is 13.2. The SMILES string of the molecule is CC(C)(C)OC(=O)Nc1cc(F)c(Br)nc1I. The Morgan fingerprint density at radius 3 is 2.71 bits per heavy atom. The third-order valence-electron chi connectivity index (χ3n) is 1.52. The molecule has 0 fully saturated rings. The van der Waals surface area contributed by atoms with Gasteiger partial charge in [0.2, 0.25) is 0 Å². The van der Waals surface area contributed by atoms with Crippen molar-refractivity contribution in [2.45, 2.75) is 26.4 Å². The van der Waals surface area contributed by atoms with E-state index in [4.69, 9.17) is 4.74 Å². The maximum atomic E-state index is 13.2. The first-order valence-corrected chi connectivity index (χ1v) is 6.58. The van der Waals surface area contributed by atoms with Crippen LogP contribution in [0.2, 0.25) is 0 Å². The molecule has 0 aromatic carbocycles. The molecule has 4 nitrogen and oxygen atoms in total. The molecule has 0 aliphatic carbocycles. The smallest absolute Gasteiger partial charge is 0.412 e. The first-order valence-electron chi connectivity index (χ1n) is 4.70. The highest BCUT2D eigenvalue weighted by Gasteiger charge is 2.18. The highest BCUT2D eigenvalue weighted by Crippen LogP contribution is 2.23. The van der Waals surface area contributed by atoms with Crippen LogP contribution in [0.3, 0.4) is 0 Å². The van der Waals surface area contributed by atoms with Crippen LogP contribution in [0.25, 0.3) is 0 Å². The number of pyridine rings is 1. The van der Waals surface area contributed by atoms with Crippen LogP contribution in [0.1, 0.15) is 20.8 Å². The van der Waals surface area contributed by atoms with Gasteiger partial charge in [0.15, 0.2) is 5.82 Å². The average Bonchev–Trinajstić information content (AvgIpc) is 2.11. The second kappa shape index (κ2) is 5.47. The molecule has 1 amide bonds. The standard InChI is InChI=1S/C10H11BrFIN2O2/c1-10(2,3)17-9(16)14-6-4-5(12)7(11)15-8(6)13/h4H,1-3H3,(H,14,16). The van der Waals surface area contributed by atoms with E-state index in [1.807, 2.05) is 22.6 Å². The molecular weight excluding hydrogens is 406 g/mol. The van der Waals surface area contributed by atoms with Crippen LogP contribution in [0.5, 0.6) is 0 Å². The molecule has 0 radical (unpaired) electrons. The van der Waals surface area contributed by atoms with E-state index in [9.17, 15) is 9.18 Å². The van der Waals surface area contributed by atoms with E-state index in [2.05, 4.69) is 26.2 Å². The fourth-order valence-corrected chi connectivity index (χ4v) is 2.10. The second-order valence-corrected chi connectivity index (χ2v) is 6.00. The number of hydrogen-bond acceptors (Lipinski definition) is 3. The molecule has 94 valence electrons. The Morgan fingerprint density at radius 1 is 1.59 bits per heavy atom. The normalized spacial score (nSPS) is 11.2. The lowest BCUT2D eigenvalue weighted by atomic mass is 10.2. The van der Waals surface area contributed by atoms with Gasteiger partial charge in [-0.2, -0.15) is 0 Å². The summed E-state index contributed by atoms with van der Waals surface area (Å²) in [6, 6.07) is 1.18. The number of nitrogens with one attached hydrogen (secondary N) is 1. The van der Waals surface area contributed by atoms with Crippen LogP contribution in [-0.4, -0.2) is 16.7 Å². The number of hydrogen-bond donors (Lipinski definition) is 1. The molecule has 0 atom stereocenters. The fraction of sp³-hybridized carbons (Fsp3) is 0.400. The molecule has 0 bridgehead atoms. The molecule has 0 spiro atoms. The van der Waals surface area contributed by atoms with Gasteiger partial charge in [0.25, 0.3) is 0 Å². The third-order valence-corrected chi connectivity index (χ3v) is 2.90. The van der Waals surface area contributed by atoms with E-state index in [1.54, 1.807) is 20.8 Å². The minimum absolute atomic E-state index is 0.108. The quantitative estimate of drug-likeness (QED) is 0.557. The van der Waals surface area contributed by atoms with E-state index in [1.165, 1.54) is 6.07 Å². The zero-order valence-electron chi connectivity index (χ0n) is 9.47. The van der Waals surface area contributed by atoms with Crippen molar-refractivity contribution >= 4 is 50.3 Å². The van der Waals surface area contributed by atoms with E-state index >= 15 is 0 Å². The lowest BCUT2D eigenvalue weighted by Gasteiger charge is -2.19. The van der Waals surface area contributed by atoms with Crippen molar-refractivity contribution in [2.24, 2.45) is 0 Å². The number of ether oxygens (including phenoxy) is 1. The summed E-state index contributed by atoms with van der Waals surface area (Å²) in [5.41, 5.74) is -0.322. The zero-order chi connectivity index (χ0) is 13.2. The number of carbonyl (C=O) groups excluding carboxylic acids is 1. The molecule has 1 heterocycles. The highest BCUT2D eigenvalue weighted by atomic mass is 127. The summed E-state index contributed by atoms with van der Waals surface area (Å²) in [5.74, 6) is -0.545. The summed E-state index contributed by atoms with van der Waals surface area (Å²) < 4.78 is 18.9. The average molecular weight is 417 g/mol. The second-order valence-electron chi connectivity index (χ2n) is 4.23. The fourth-order valence-electron chi connectivity index (χ4n) is 0.947. The van der Waals surface area contributed by atoms with Gasteiger partial charge in [0, 0.05) is 6.07 Å². The van der Waals surface area contributed by atoms with Crippen molar-refractivity contribution in [3.63, 3.8) is 0 Å². The summed E-state index contributed by atoms with van der Waals surface area (Å²) in [6.45, 7) is 5.24. The minimum atomic E-state index is -0.640. The van der Waals surface area contributed by atoms with Crippen LogP contribution >= 0.6 is 38.5 Å². The first kappa shape index (κ1) is 14.6. The molecule has 1 aromatic heterocycles. The van der Waals surface area contributed by atoms with Gasteiger partial charge in [-0.3, -0.25) is 5.32 Å². The number of nitrogens with zero attached hydrogens (tertiary/aromatic N) is 1. The zero-order valence-corrected chi connectivity index (χ0v) is 13.2. The number of aromatic nitrogens is 1. The summed E-state index contributed by atoms with van der Waals surface area (Å²) in [4.78, 5) is 15.4. The topological polar surface area (TPSA) is 51.2 Å². The molecular formula is C10H11BrFIN2O2. The van der Waals surface area contributed by atoms with Crippen LogP contribution in [0.15, 0.2) is 10.7 Å². The van der Waals surface area contributed by atoms with Gasteiger partial charge in [-0.15, -0.1) is 0 Å². The van der Waals surface area contributed by atoms with E-state index < -0.39 is 17.5 Å². The van der Waals surface area contributed by atoms with Crippen LogP contribution < -0.4 is 5.32 Å². The number of carbonyl (C=O) groups is 1. The van der Waals surface area contributed by atoms with E-state index in [-0.39, 0.29) is 10.3 Å². The Bertz CT molecular complexity index is 449. The summed E-state index contributed by atoms with van der Waals surface area (Å²) >= 11 is 4.86. The summed E-state index contributed by atoms with van der Waals surface area (Å²) in [5, 5.41) is 2.44. The van der Waals surface area contributed by atoms with Gasteiger partial charge in [0.05, 0.1) is 5.69 Å². The molecule has 1 rings (SSSR count). The molecule has 17 heavy (non-hydrogen) atoms. The van der Waals surface area contributed by atoms with Crippen molar-refractivity contribution in [3.8, 4) is 0 Å². The van der Waals surface area contributed by atoms with Crippen LogP contribution in [0, 0.1) is 9.52 Å². The van der Waals surface area contributed by atoms with Crippen molar-refractivity contribution in [1.82, 2.24) is 4.98 Å². The lowest BCUT2D eigenvalue weighted by molar-refractivity contribution is 0.0635. The van der Waals surface area contributed by atoms with E-state index in [0.29, 0.717) is 3.70 Å². The van der Waals surface area contributed by atoms with Crippen molar-refractivity contribution < 1.29 is 13.9 Å². The number of anilines is 1. The van der Waals surface area contributed by atoms with Crippen molar-refractivity contribution in [2.75, 3.05) is 5.32 Å². The Kier molecular flexibility index (Phi) is 4.70. The number of halogens is 3. The Hall–Kier alpha value is -0.440. The van der Waals surface area contributed by atoms with Crippen LogP contribution in [0.4, 0.5) is 14.9 Å². The molecule has 0 unspecified atom stereocenters.